The van der Waals surface area contributed by atoms with Crippen molar-refractivity contribution in [2.45, 2.75) is 25.2 Å². The number of aliphatic imine (C=N–C) groups is 1. The van der Waals surface area contributed by atoms with Crippen molar-refractivity contribution in [3.63, 3.8) is 0 Å². The lowest BCUT2D eigenvalue weighted by atomic mass is 10.1. The Labute approximate surface area is 157 Å². The number of nitrogens with zero attached hydrogens (tertiary/aromatic N) is 3. The van der Waals surface area contributed by atoms with Crippen LogP contribution in [0.3, 0.4) is 0 Å². The van der Waals surface area contributed by atoms with Gasteiger partial charge in [-0.3, -0.25) is 15.5 Å². The molecule has 27 heavy (non-hydrogen) atoms. The van der Waals surface area contributed by atoms with Crippen molar-refractivity contribution in [3.05, 3.63) is 30.5 Å². The molecule has 1 aromatic heterocycles. The van der Waals surface area contributed by atoms with Crippen LogP contribution in [-0.4, -0.2) is 47.4 Å². The number of benzene rings is 1. The van der Waals surface area contributed by atoms with Gasteiger partial charge in [0.25, 0.3) is 5.91 Å². The number of hydrogen-bond donors (Lipinski definition) is 5. The highest BCUT2D eigenvalue weighted by Gasteiger charge is 2.25. The zero-order valence-electron chi connectivity index (χ0n) is 15.2. The molecule has 9 heteroatoms. The number of nitrogens with one attached hydrogen (secondary N) is 4. The Morgan fingerprint density at radius 3 is 3.04 bits per heavy atom. The fraction of sp³-hybridized carbons (Fsp3) is 0.389. The van der Waals surface area contributed by atoms with Crippen LogP contribution in [0.15, 0.2) is 40.6 Å². The van der Waals surface area contributed by atoms with E-state index in [1.165, 1.54) is 0 Å². The minimum Gasteiger partial charge on any atom is -0.364 e. The van der Waals surface area contributed by atoms with Gasteiger partial charge in [-0.2, -0.15) is 5.10 Å². The monoisotopic (exact) mass is 368 g/mol. The van der Waals surface area contributed by atoms with Crippen LogP contribution in [0, 0.1) is 0 Å². The Hall–Kier alpha value is -2.91. The molecule has 0 radical (unpaired) electrons. The highest BCUT2D eigenvalue weighted by Crippen LogP contribution is 2.24. The number of anilines is 1. The molecule has 2 aliphatic rings. The van der Waals surface area contributed by atoms with Gasteiger partial charge in [-0.25, -0.2) is 4.99 Å². The third kappa shape index (κ3) is 3.64. The number of aryl methyl sites for hydroxylation is 1. The molecule has 1 saturated heterocycles. The van der Waals surface area contributed by atoms with E-state index in [4.69, 9.17) is 5.73 Å². The van der Waals surface area contributed by atoms with Gasteiger partial charge in [0.2, 0.25) is 0 Å². The second-order valence-corrected chi connectivity index (χ2v) is 6.83. The van der Waals surface area contributed by atoms with Crippen molar-refractivity contribution in [3.8, 4) is 0 Å². The number of nitrogens with two attached hydrogens (primary N) is 1. The molecule has 1 unspecified atom stereocenters. The van der Waals surface area contributed by atoms with E-state index in [9.17, 15) is 4.79 Å². The summed E-state index contributed by atoms with van der Waals surface area (Å²) in [6.45, 7) is 1.92. The van der Waals surface area contributed by atoms with Crippen LogP contribution in [0.4, 0.5) is 5.69 Å². The predicted octanol–water partition coefficient (Wildman–Crippen LogP) is 0.0584. The molecule has 9 nitrogen and oxygen atoms in total. The lowest BCUT2D eigenvalue weighted by Crippen LogP contribution is -2.54. The van der Waals surface area contributed by atoms with Crippen LogP contribution in [-0.2, 0) is 11.8 Å². The Bertz CT molecular complexity index is 909. The van der Waals surface area contributed by atoms with Gasteiger partial charge in [0, 0.05) is 42.4 Å². The Kier molecular flexibility index (Phi) is 4.78. The third-order valence-corrected chi connectivity index (χ3v) is 4.89. The van der Waals surface area contributed by atoms with Crippen molar-refractivity contribution < 1.29 is 4.79 Å². The first-order chi connectivity index (χ1) is 13.1. The van der Waals surface area contributed by atoms with Gasteiger partial charge in [0.05, 0.1) is 0 Å². The minimum atomic E-state index is -0.633. The summed E-state index contributed by atoms with van der Waals surface area (Å²) >= 11 is 0. The lowest BCUT2D eigenvalue weighted by molar-refractivity contribution is -0.111. The summed E-state index contributed by atoms with van der Waals surface area (Å²) in [4.78, 5) is 16.4. The van der Waals surface area contributed by atoms with E-state index in [2.05, 4.69) is 31.5 Å². The second kappa shape index (κ2) is 7.37. The first-order valence-electron chi connectivity index (χ1n) is 9.11. The maximum Gasteiger partial charge on any atom is 0.272 e. The van der Waals surface area contributed by atoms with Crippen molar-refractivity contribution in [1.82, 2.24) is 20.6 Å². The highest BCUT2D eigenvalue weighted by molar-refractivity contribution is 6.68. The van der Waals surface area contributed by atoms with Gasteiger partial charge in [-0.05, 0) is 37.6 Å². The van der Waals surface area contributed by atoms with Gasteiger partial charge >= 0.3 is 0 Å². The van der Waals surface area contributed by atoms with Gasteiger partial charge in [0.15, 0.2) is 17.8 Å². The van der Waals surface area contributed by atoms with Crippen molar-refractivity contribution >= 4 is 34.0 Å². The number of amides is 1. The van der Waals surface area contributed by atoms with Gasteiger partial charge < -0.3 is 20.9 Å². The molecule has 1 aromatic carbocycles. The summed E-state index contributed by atoms with van der Waals surface area (Å²) in [6.07, 6.45) is 3.75. The zero-order valence-corrected chi connectivity index (χ0v) is 15.2. The maximum atomic E-state index is 11.8. The number of carbonyl (C=O) groups excluding carboxylic acids is 1. The van der Waals surface area contributed by atoms with Crippen LogP contribution in [0.25, 0.3) is 10.9 Å². The molecule has 142 valence electrons. The Morgan fingerprint density at radius 2 is 2.26 bits per heavy atom. The van der Waals surface area contributed by atoms with E-state index < -0.39 is 12.2 Å². The molecule has 2 aromatic rings. The first-order valence-corrected chi connectivity index (χ1v) is 9.11. The number of amidine groups is 1. The predicted molar refractivity (Wildman–Crippen MR) is 107 cm³/mol. The summed E-state index contributed by atoms with van der Waals surface area (Å²) in [5, 5.41) is 15.2. The molecule has 0 aliphatic carbocycles. The average Bonchev–Trinajstić information content (AvgIpc) is 3.05. The van der Waals surface area contributed by atoms with Crippen molar-refractivity contribution in [1.29, 1.82) is 0 Å². The van der Waals surface area contributed by atoms with E-state index in [-0.39, 0.29) is 5.71 Å². The number of fused-ring (bicyclic) bond motifs is 1. The fourth-order valence-corrected chi connectivity index (χ4v) is 3.49. The molecule has 6 N–H and O–H groups in total. The molecule has 0 saturated carbocycles. The number of primary amides is 1. The average molecular weight is 368 g/mol. The molecule has 2 aliphatic heterocycles. The second-order valence-electron chi connectivity index (χ2n) is 6.83. The lowest BCUT2D eigenvalue weighted by Gasteiger charge is -2.29. The largest absolute Gasteiger partial charge is 0.364 e. The molecule has 1 amide bonds. The van der Waals surface area contributed by atoms with Crippen LogP contribution in [0.1, 0.15) is 12.8 Å². The molecule has 4 rings (SSSR count). The summed E-state index contributed by atoms with van der Waals surface area (Å²) in [6, 6.07) is 8.25. The van der Waals surface area contributed by atoms with Gasteiger partial charge in [0.1, 0.15) is 0 Å². The Balaban J connectivity index is 1.59. The number of hydrogen-bond acceptors (Lipinski definition) is 7. The van der Waals surface area contributed by atoms with E-state index in [1.54, 1.807) is 0 Å². The Morgan fingerprint density at radius 1 is 1.37 bits per heavy atom. The quantitative estimate of drug-likeness (QED) is 0.523. The smallest absolute Gasteiger partial charge is 0.272 e. The number of carbonyl (C=O) groups is 1. The highest BCUT2D eigenvalue weighted by atomic mass is 16.1. The van der Waals surface area contributed by atoms with E-state index >= 15 is 0 Å². The molecule has 0 spiro atoms. The van der Waals surface area contributed by atoms with Crippen LogP contribution < -0.4 is 27.1 Å². The first kappa shape index (κ1) is 17.5. The normalized spacial score (nSPS) is 22.7. The minimum absolute atomic E-state index is 0.0859. The maximum absolute atomic E-state index is 11.8. The van der Waals surface area contributed by atoms with E-state index in [1.807, 2.05) is 42.1 Å². The summed E-state index contributed by atoms with van der Waals surface area (Å²) in [5.41, 5.74) is 10.4. The van der Waals surface area contributed by atoms with Gasteiger partial charge in [-0.15, -0.1) is 0 Å². The van der Waals surface area contributed by atoms with Crippen LogP contribution in [0.5, 0.6) is 0 Å². The molecule has 2 atom stereocenters. The number of aromatic nitrogens is 1. The summed E-state index contributed by atoms with van der Waals surface area (Å²) in [7, 11) is 1.99. The van der Waals surface area contributed by atoms with Crippen LogP contribution in [0.2, 0.25) is 0 Å². The van der Waals surface area contributed by atoms with Crippen LogP contribution >= 0.6 is 0 Å². The molecular weight excluding hydrogens is 344 g/mol. The zero-order chi connectivity index (χ0) is 18.8. The molecule has 0 bridgehead atoms. The fourth-order valence-electron chi connectivity index (χ4n) is 3.49. The van der Waals surface area contributed by atoms with E-state index in [0.29, 0.717) is 11.9 Å². The number of rotatable bonds is 4. The standard InChI is InChI=1S/C18H24N8O/c1-26-9-7-12-13(5-2-6-14(12)26)22-17-15(16(19)27)24-25-18(23-17)21-11-4-3-8-20-10-11/h2,5-7,9,11,18,20-21,25H,3-4,8,10H2,1H3,(H2,19,27)(H,22,23)/t11-,18?/m1/s1. The number of piperidine rings is 1. The van der Waals surface area contributed by atoms with E-state index in [0.717, 1.165) is 42.5 Å². The molecular formula is C18H24N8O. The summed E-state index contributed by atoms with van der Waals surface area (Å²) in [5.74, 6) is -0.273. The summed E-state index contributed by atoms with van der Waals surface area (Å²) < 4.78 is 2.04. The topological polar surface area (TPSA) is 121 Å². The number of hydrazone groups is 1. The molecule has 1 fully saturated rings. The molecule has 3 heterocycles. The SMILES string of the molecule is Cn1ccc2c(NC3=NC(N[C@@H]4CCCNC4)NN=C3C(N)=O)cccc21. The third-order valence-electron chi connectivity index (χ3n) is 4.89. The van der Waals surface area contributed by atoms with Crippen molar-refractivity contribution in [2.24, 2.45) is 22.9 Å². The van der Waals surface area contributed by atoms with Crippen molar-refractivity contribution in [2.75, 3.05) is 18.4 Å². The van der Waals surface area contributed by atoms with Gasteiger partial charge in [-0.1, -0.05) is 6.07 Å².